The zero-order valence-electron chi connectivity index (χ0n) is 24.3. The number of H-pyrrole nitrogens is 1. The number of imidazole rings is 1. The van der Waals surface area contributed by atoms with Crippen LogP contribution in [0, 0.1) is 11.6 Å². The van der Waals surface area contributed by atoms with Crippen molar-refractivity contribution in [1.82, 2.24) is 15.3 Å². The highest BCUT2D eigenvalue weighted by Gasteiger charge is 2.19. The maximum atomic E-state index is 14.5. The number of halogens is 2. The highest BCUT2D eigenvalue weighted by Crippen LogP contribution is 2.32. The number of nitrogens with one attached hydrogen (secondary N) is 2. The van der Waals surface area contributed by atoms with Crippen LogP contribution in [0.3, 0.4) is 0 Å². The molecule has 0 bridgehead atoms. The van der Waals surface area contributed by atoms with Crippen LogP contribution in [0.4, 0.5) is 19.3 Å². The number of unbranched alkanes of at least 4 members (excludes halogenated alkanes) is 6. The van der Waals surface area contributed by atoms with Crippen LogP contribution in [-0.4, -0.2) is 34.8 Å². The number of anilines is 1. The fourth-order valence-corrected chi connectivity index (χ4v) is 5.68. The number of carbonyl (C=O) groups excluding carboxylic acids is 1. The van der Waals surface area contributed by atoms with Gasteiger partial charge in [0.1, 0.15) is 11.6 Å². The van der Waals surface area contributed by atoms with E-state index in [1.807, 2.05) is 36.4 Å². The number of carbonyl (C=O) groups is 1. The molecular formula is C34H40F2N4OS. The molecule has 0 atom stereocenters. The van der Waals surface area contributed by atoms with Crippen molar-refractivity contribution in [2.75, 3.05) is 23.7 Å². The first-order valence-corrected chi connectivity index (χ1v) is 15.9. The van der Waals surface area contributed by atoms with Crippen molar-refractivity contribution >= 4 is 23.5 Å². The number of aromatic nitrogens is 2. The van der Waals surface area contributed by atoms with Gasteiger partial charge in [-0.05, 0) is 31.4 Å². The quantitative estimate of drug-likeness (QED) is 0.101. The van der Waals surface area contributed by atoms with E-state index in [1.165, 1.54) is 17.0 Å². The van der Waals surface area contributed by atoms with E-state index in [0.717, 1.165) is 90.9 Å². The molecule has 0 spiro atoms. The molecule has 0 aliphatic rings. The summed E-state index contributed by atoms with van der Waals surface area (Å²) in [5.41, 5.74) is 4.25. The molecule has 1 heterocycles. The highest BCUT2D eigenvalue weighted by molar-refractivity contribution is 7.99. The second-order valence-electron chi connectivity index (χ2n) is 10.3. The van der Waals surface area contributed by atoms with Gasteiger partial charge in [-0.3, -0.25) is 4.90 Å². The summed E-state index contributed by atoms with van der Waals surface area (Å²) in [6.07, 6.45) is 7.79. The van der Waals surface area contributed by atoms with Gasteiger partial charge in [-0.15, -0.1) is 0 Å². The third kappa shape index (κ3) is 9.18. The monoisotopic (exact) mass is 590 g/mol. The van der Waals surface area contributed by atoms with Crippen molar-refractivity contribution in [3.8, 4) is 22.5 Å². The number of hydrogen-bond acceptors (Lipinski definition) is 3. The normalized spacial score (nSPS) is 11.0. The van der Waals surface area contributed by atoms with Gasteiger partial charge in [-0.25, -0.2) is 18.6 Å². The van der Waals surface area contributed by atoms with Gasteiger partial charge in [0.2, 0.25) is 0 Å². The van der Waals surface area contributed by atoms with Crippen LogP contribution in [0.25, 0.3) is 22.5 Å². The second-order valence-corrected chi connectivity index (χ2v) is 11.4. The minimum absolute atomic E-state index is 0.115. The molecule has 0 unspecified atom stereocenters. The molecule has 0 aliphatic carbocycles. The maximum absolute atomic E-state index is 14.5. The number of benzene rings is 3. The lowest BCUT2D eigenvalue weighted by Crippen LogP contribution is -2.41. The van der Waals surface area contributed by atoms with Crippen LogP contribution in [0.2, 0.25) is 0 Å². The summed E-state index contributed by atoms with van der Waals surface area (Å²) in [7, 11) is 0. The van der Waals surface area contributed by atoms with E-state index in [2.05, 4.69) is 41.5 Å². The number of rotatable bonds is 16. The van der Waals surface area contributed by atoms with Gasteiger partial charge in [0.15, 0.2) is 5.16 Å². The maximum Gasteiger partial charge on any atom is 0.321 e. The number of thioether (sulfide) groups is 1. The lowest BCUT2D eigenvalue weighted by atomic mass is 10.1. The molecule has 0 radical (unpaired) electrons. The van der Waals surface area contributed by atoms with Crippen LogP contribution in [0.1, 0.15) is 58.3 Å². The first kappa shape index (κ1) is 31.3. The van der Waals surface area contributed by atoms with Gasteiger partial charge in [0.25, 0.3) is 0 Å². The van der Waals surface area contributed by atoms with Gasteiger partial charge in [0, 0.05) is 36.0 Å². The highest BCUT2D eigenvalue weighted by atomic mass is 32.2. The third-order valence-corrected chi connectivity index (χ3v) is 8.02. The Morgan fingerprint density at radius 1 is 0.857 bits per heavy atom. The molecule has 2 amide bonds. The Morgan fingerprint density at radius 2 is 1.55 bits per heavy atom. The summed E-state index contributed by atoms with van der Waals surface area (Å²) in [6.45, 7) is 3.04. The number of hydrogen-bond donors (Lipinski definition) is 2. The topological polar surface area (TPSA) is 61.0 Å². The first-order chi connectivity index (χ1) is 20.6. The molecule has 2 N–H and O–H groups in total. The van der Waals surface area contributed by atoms with Crippen LogP contribution in [0.5, 0.6) is 0 Å². The lowest BCUT2D eigenvalue weighted by Gasteiger charge is -2.24. The number of nitrogens with zero attached hydrogens (tertiary/aromatic N) is 2. The fraction of sp³-hybridized carbons (Fsp3) is 0.353. The van der Waals surface area contributed by atoms with E-state index >= 15 is 0 Å². The zero-order chi connectivity index (χ0) is 29.6. The Morgan fingerprint density at radius 3 is 2.26 bits per heavy atom. The molecule has 4 rings (SSSR count). The van der Waals surface area contributed by atoms with Crippen LogP contribution in [0.15, 0.2) is 84.0 Å². The summed E-state index contributed by atoms with van der Waals surface area (Å²) >= 11 is 1.69. The van der Waals surface area contributed by atoms with E-state index in [-0.39, 0.29) is 11.7 Å². The summed E-state index contributed by atoms with van der Waals surface area (Å²) in [5, 5.41) is 3.82. The molecule has 3 aromatic carbocycles. The number of urea groups is 1. The van der Waals surface area contributed by atoms with E-state index in [4.69, 9.17) is 4.98 Å². The lowest BCUT2D eigenvalue weighted by molar-refractivity contribution is 0.245. The van der Waals surface area contributed by atoms with E-state index in [1.54, 1.807) is 11.8 Å². The molecule has 0 saturated heterocycles. The van der Waals surface area contributed by atoms with Gasteiger partial charge >= 0.3 is 6.03 Å². The van der Waals surface area contributed by atoms with Crippen LogP contribution in [-0.2, 0) is 0 Å². The molecule has 222 valence electrons. The Labute approximate surface area is 252 Å². The Bertz CT molecular complexity index is 1320. The SMILES string of the molecule is CCCCCCCN(C(=O)NCCCCCSc1nc(-c2ccccc2)c(-c2ccccc2)[nH]1)c1ccc(F)cc1F. The summed E-state index contributed by atoms with van der Waals surface area (Å²) in [4.78, 5) is 22.8. The van der Waals surface area contributed by atoms with E-state index in [9.17, 15) is 13.6 Å². The van der Waals surface area contributed by atoms with Crippen molar-refractivity contribution in [3.63, 3.8) is 0 Å². The van der Waals surface area contributed by atoms with Crippen molar-refractivity contribution in [2.24, 2.45) is 0 Å². The molecule has 5 nitrogen and oxygen atoms in total. The average molecular weight is 591 g/mol. The van der Waals surface area contributed by atoms with Crippen molar-refractivity contribution in [1.29, 1.82) is 0 Å². The van der Waals surface area contributed by atoms with Gasteiger partial charge in [-0.1, -0.05) is 111 Å². The molecule has 0 saturated carbocycles. The minimum atomic E-state index is -0.723. The standard InChI is InChI=1S/C34H40F2N4OS/c1-2-3-4-5-14-23-40(30-21-20-28(35)25-29(30)36)34(41)37-22-13-8-15-24-42-33-38-31(26-16-9-6-10-17-26)32(39-33)27-18-11-7-12-19-27/h6-7,9-12,16-21,25H,2-5,8,13-15,22-24H2,1H3,(H,37,41)(H,38,39). The summed E-state index contributed by atoms with van der Waals surface area (Å²) in [6, 6.07) is 23.4. The largest absolute Gasteiger partial charge is 0.338 e. The number of amides is 2. The average Bonchev–Trinajstić information content (AvgIpc) is 3.44. The third-order valence-electron chi connectivity index (χ3n) is 7.06. The molecule has 4 aromatic rings. The smallest absolute Gasteiger partial charge is 0.321 e. The molecule has 1 aromatic heterocycles. The molecule has 0 fully saturated rings. The second kappa shape index (κ2) is 16.7. The Hall–Kier alpha value is -3.65. The van der Waals surface area contributed by atoms with Crippen molar-refractivity contribution in [2.45, 2.75) is 63.4 Å². The van der Waals surface area contributed by atoms with E-state index < -0.39 is 11.6 Å². The van der Waals surface area contributed by atoms with Crippen LogP contribution < -0.4 is 10.2 Å². The Balaban J connectivity index is 1.25. The molecular weight excluding hydrogens is 550 g/mol. The van der Waals surface area contributed by atoms with Gasteiger partial charge in [-0.2, -0.15) is 0 Å². The zero-order valence-corrected chi connectivity index (χ0v) is 25.1. The van der Waals surface area contributed by atoms with Gasteiger partial charge < -0.3 is 10.3 Å². The number of aromatic amines is 1. The first-order valence-electron chi connectivity index (χ1n) is 14.9. The van der Waals surface area contributed by atoms with Crippen molar-refractivity contribution < 1.29 is 13.6 Å². The summed E-state index contributed by atoms with van der Waals surface area (Å²) < 4.78 is 28.0. The summed E-state index contributed by atoms with van der Waals surface area (Å²) in [5.74, 6) is -0.478. The Kier molecular flexibility index (Phi) is 12.4. The fourth-order valence-electron chi connectivity index (χ4n) is 4.81. The van der Waals surface area contributed by atoms with E-state index in [0.29, 0.717) is 13.1 Å². The predicted molar refractivity (Wildman–Crippen MR) is 170 cm³/mol. The molecule has 8 heteroatoms. The molecule has 42 heavy (non-hydrogen) atoms. The predicted octanol–water partition coefficient (Wildman–Crippen LogP) is 9.47. The van der Waals surface area contributed by atoms with Gasteiger partial charge in [0.05, 0.1) is 17.1 Å². The molecule has 0 aliphatic heterocycles. The van der Waals surface area contributed by atoms with Crippen molar-refractivity contribution in [3.05, 3.63) is 90.5 Å². The minimum Gasteiger partial charge on any atom is -0.338 e. The van der Waals surface area contributed by atoms with Crippen LogP contribution >= 0.6 is 11.8 Å².